The zero-order valence-electron chi connectivity index (χ0n) is 16.7. The number of aromatic nitrogens is 1. The van der Waals surface area contributed by atoms with E-state index in [9.17, 15) is 9.59 Å². The maximum atomic E-state index is 12.2. The molecule has 160 valence electrons. The molecular formula is C23H22ClN3O3S. The van der Waals surface area contributed by atoms with Gasteiger partial charge in [-0.1, -0.05) is 35.9 Å². The number of nitrogens with one attached hydrogen (secondary N) is 2. The Balaban J connectivity index is 1.36. The molecule has 31 heavy (non-hydrogen) atoms. The molecule has 2 amide bonds. The van der Waals surface area contributed by atoms with Crippen LogP contribution in [0.2, 0.25) is 5.02 Å². The molecule has 2 aromatic carbocycles. The van der Waals surface area contributed by atoms with Crippen molar-refractivity contribution in [1.82, 2.24) is 4.98 Å². The van der Waals surface area contributed by atoms with E-state index in [0.29, 0.717) is 35.2 Å². The summed E-state index contributed by atoms with van der Waals surface area (Å²) in [6.07, 6.45) is 5.04. The number of thiazole rings is 1. The van der Waals surface area contributed by atoms with Crippen molar-refractivity contribution >= 4 is 46.3 Å². The van der Waals surface area contributed by atoms with Crippen molar-refractivity contribution in [2.24, 2.45) is 5.92 Å². The number of amides is 2. The normalized spacial score (nSPS) is 18.4. The lowest BCUT2D eigenvalue weighted by atomic mass is 9.82. The summed E-state index contributed by atoms with van der Waals surface area (Å²) in [6, 6.07) is 14.3. The van der Waals surface area contributed by atoms with Gasteiger partial charge in [0.25, 0.3) is 0 Å². The van der Waals surface area contributed by atoms with Crippen molar-refractivity contribution in [3.8, 4) is 10.4 Å². The average molecular weight is 456 g/mol. The number of carbonyl (C=O) groups excluding carboxylic acids is 1. The fraction of sp³-hybridized carbons (Fsp3) is 0.261. The molecule has 0 saturated heterocycles. The third-order valence-corrected chi connectivity index (χ3v) is 7.04. The van der Waals surface area contributed by atoms with E-state index in [0.717, 1.165) is 28.3 Å². The monoisotopic (exact) mass is 455 g/mol. The van der Waals surface area contributed by atoms with E-state index in [1.54, 1.807) is 35.6 Å². The van der Waals surface area contributed by atoms with Crippen molar-refractivity contribution in [2.75, 3.05) is 10.6 Å². The fourth-order valence-electron chi connectivity index (χ4n) is 3.76. The lowest BCUT2D eigenvalue weighted by Gasteiger charge is -2.24. The van der Waals surface area contributed by atoms with Gasteiger partial charge in [-0.25, -0.2) is 9.78 Å². The number of rotatable bonds is 5. The predicted molar refractivity (Wildman–Crippen MR) is 124 cm³/mol. The summed E-state index contributed by atoms with van der Waals surface area (Å²) >= 11 is 7.72. The van der Waals surface area contributed by atoms with Gasteiger partial charge in [0.15, 0.2) is 0 Å². The van der Waals surface area contributed by atoms with Gasteiger partial charge in [-0.05, 0) is 55.5 Å². The Hall–Kier alpha value is -2.90. The van der Waals surface area contributed by atoms with Gasteiger partial charge in [-0.15, -0.1) is 11.3 Å². The molecule has 3 aromatic rings. The Bertz CT molecular complexity index is 1080. The average Bonchev–Trinajstić information content (AvgIpc) is 3.26. The number of hydrogen-bond acceptors (Lipinski definition) is 4. The number of aliphatic carboxylic acids is 1. The van der Waals surface area contributed by atoms with Crippen molar-refractivity contribution in [3.05, 3.63) is 64.8 Å². The third-order valence-electron chi connectivity index (χ3n) is 5.50. The third kappa shape index (κ3) is 5.24. The Morgan fingerprint density at radius 2 is 1.71 bits per heavy atom. The Morgan fingerprint density at radius 3 is 2.39 bits per heavy atom. The molecule has 0 atom stereocenters. The van der Waals surface area contributed by atoms with Gasteiger partial charge < -0.3 is 15.7 Å². The van der Waals surface area contributed by atoms with Crippen molar-refractivity contribution in [2.45, 2.75) is 31.6 Å². The second kappa shape index (κ2) is 9.49. The molecule has 1 heterocycles. The summed E-state index contributed by atoms with van der Waals surface area (Å²) < 4.78 is 0. The van der Waals surface area contributed by atoms with E-state index in [-0.39, 0.29) is 11.9 Å². The highest BCUT2D eigenvalue weighted by molar-refractivity contribution is 7.15. The molecule has 0 radical (unpaired) electrons. The summed E-state index contributed by atoms with van der Waals surface area (Å²) in [5, 5.41) is 16.2. The smallest absolute Gasteiger partial charge is 0.323 e. The van der Waals surface area contributed by atoms with Crippen LogP contribution in [0.25, 0.3) is 10.4 Å². The summed E-state index contributed by atoms with van der Waals surface area (Å²) in [5.74, 6) is -0.567. The fourth-order valence-corrected chi connectivity index (χ4v) is 5.04. The topological polar surface area (TPSA) is 91.3 Å². The van der Waals surface area contributed by atoms with Crippen LogP contribution in [0, 0.1) is 5.92 Å². The SMILES string of the molecule is O=C(Nc1ccc(-c2cnc(C3CCC(C(=O)O)CC3)s2)cc1)Nc1ccccc1Cl. The first kappa shape index (κ1) is 21.3. The second-order valence-electron chi connectivity index (χ2n) is 7.59. The molecule has 0 aliphatic heterocycles. The number of carbonyl (C=O) groups is 2. The number of nitrogens with zero attached hydrogens (tertiary/aromatic N) is 1. The number of benzene rings is 2. The molecule has 8 heteroatoms. The van der Waals surface area contributed by atoms with E-state index >= 15 is 0 Å². The summed E-state index contributed by atoms with van der Waals surface area (Å²) in [4.78, 5) is 29.0. The maximum absolute atomic E-state index is 12.2. The van der Waals surface area contributed by atoms with E-state index in [1.165, 1.54) is 0 Å². The molecule has 1 aliphatic rings. The first-order chi connectivity index (χ1) is 15.0. The Kier molecular flexibility index (Phi) is 6.53. The molecule has 1 fully saturated rings. The summed E-state index contributed by atoms with van der Waals surface area (Å²) in [7, 11) is 0. The quantitative estimate of drug-likeness (QED) is 0.411. The van der Waals surface area contributed by atoms with Crippen LogP contribution < -0.4 is 10.6 Å². The number of carboxylic acid groups (broad SMARTS) is 1. The van der Waals surface area contributed by atoms with Crippen LogP contribution in [0.1, 0.15) is 36.6 Å². The number of anilines is 2. The van der Waals surface area contributed by atoms with Crippen LogP contribution in [0.3, 0.4) is 0 Å². The molecule has 3 N–H and O–H groups in total. The van der Waals surface area contributed by atoms with Gasteiger partial charge in [0.05, 0.1) is 26.5 Å². The zero-order chi connectivity index (χ0) is 21.8. The van der Waals surface area contributed by atoms with Crippen molar-refractivity contribution < 1.29 is 14.7 Å². The lowest BCUT2D eigenvalue weighted by molar-refractivity contribution is -0.142. The minimum Gasteiger partial charge on any atom is -0.481 e. The van der Waals surface area contributed by atoms with Crippen LogP contribution in [0.5, 0.6) is 0 Å². The van der Waals surface area contributed by atoms with Gasteiger partial charge in [-0.3, -0.25) is 4.79 Å². The number of carboxylic acids is 1. The Morgan fingerprint density at radius 1 is 1.00 bits per heavy atom. The van der Waals surface area contributed by atoms with Crippen LogP contribution >= 0.6 is 22.9 Å². The molecule has 0 bridgehead atoms. The molecule has 6 nitrogen and oxygen atoms in total. The van der Waals surface area contributed by atoms with Crippen molar-refractivity contribution in [1.29, 1.82) is 0 Å². The first-order valence-electron chi connectivity index (χ1n) is 10.1. The van der Waals surface area contributed by atoms with Gasteiger partial charge in [0.1, 0.15) is 0 Å². The van der Waals surface area contributed by atoms with E-state index in [1.807, 2.05) is 30.5 Å². The Labute approximate surface area is 189 Å². The predicted octanol–water partition coefficient (Wildman–Crippen LogP) is 6.47. The van der Waals surface area contributed by atoms with E-state index in [2.05, 4.69) is 15.6 Å². The van der Waals surface area contributed by atoms with Crippen LogP contribution in [-0.2, 0) is 4.79 Å². The molecule has 1 aliphatic carbocycles. The molecular weight excluding hydrogens is 434 g/mol. The summed E-state index contributed by atoms with van der Waals surface area (Å²) in [6.45, 7) is 0. The highest BCUT2D eigenvalue weighted by atomic mass is 35.5. The number of hydrogen-bond donors (Lipinski definition) is 3. The second-order valence-corrected chi connectivity index (χ2v) is 9.06. The van der Waals surface area contributed by atoms with Gasteiger partial charge >= 0.3 is 12.0 Å². The number of urea groups is 1. The minimum atomic E-state index is -0.687. The highest BCUT2D eigenvalue weighted by Crippen LogP contribution is 2.39. The molecule has 1 saturated carbocycles. The minimum absolute atomic E-state index is 0.217. The van der Waals surface area contributed by atoms with Gasteiger partial charge in [0.2, 0.25) is 0 Å². The van der Waals surface area contributed by atoms with Crippen LogP contribution in [0.15, 0.2) is 54.7 Å². The molecule has 1 aromatic heterocycles. The standard InChI is InChI=1S/C23H22ClN3O3S/c24-18-3-1-2-4-19(18)27-23(30)26-17-11-9-14(10-12-17)20-13-25-21(31-20)15-5-7-16(8-6-15)22(28)29/h1-4,9-13,15-16H,5-8H2,(H,28,29)(H2,26,27,30). The van der Waals surface area contributed by atoms with E-state index < -0.39 is 5.97 Å². The van der Waals surface area contributed by atoms with Crippen LogP contribution in [0.4, 0.5) is 16.2 Å². The van der Waals surface area contributed by atoms with E-state index in [4.69, 9.17) is 16.7 Å². The largest absolute Gasteiger partial charge is 0.481 e. The maximum Gasteiger partial charge on any atom is 0.323 e. The van der Waals surface area contributed by atoms with Crippen LogP contribution in [-0.4, -0.2) is 22.1 Å². The molecule has 0 unspecified atom stereocenters. The number of halogens is 1. The summed E-state index contributed by atoms with van der Waals surface area (Å²) in [5.41, 5.74) is 2.25. The molecule has 0 spiro atoms. The number of para-hydroxylation sites is 1. The first-order valence-corrected chi connectivity index (χ1v) is 11.3. The van der Waals surface area contributed by atoms with Crippen molar-refractivity contribution in [3.63, 3.8) is 0 Å². The highest BCUT2D eigenvalue weighted by Gasteiger charge is 2.28. The lowest BCUT2D eigenvalue weighted by Crippen LogP contribution is -2.20. The molecule has 4 rings (SSSR count). The van der Waals surface area contributed by atoms with Gasteiger partial charge in [0, 0.05) is 17.8 Å². The zero-order valence-corrected chi connectivity index (χ0v) is 18.2. The van der Waals surface area contributed by atoms with Gasteiger partial charge in [-0.2, -0.15) is 0 Å².